The number of aromatic nitrogens is 2. The number of nitrogens with zero attached hydrogens (tertiary/aromatic N) is 4. The molecule has 0 aliphatic carbocycles. The summed E-state index contributed by atoms with van der Waals surface area (Å²) < 4.78 is 1.95. The molecule has 0 amide bonds. The van der Waals surface area contributed by atoms with E-state index in [9.17, 15) is 0 Å². The highest BCUT2D eigenvalue weighted by atomic mass is 32.1. The predicted molar refractivity (Wildman–Crippen MR) is 124 cm³/mol. The Morgan fingerprint density at radius 2 is 2.07 bits per heavy atom. The standard InChI is InChI=1S/C23H30N6S/c1-2-24-23(25-11-14-28-13-8-22-21(17-28)9-15-30-22)26-16-19-6-3-4-7-20(19)18-29-12-5-10-27-29/h3-7,9-10,12,15H,2,8,11,13-14,16-18H2,1H3,(H2,24,25,26). The molecule has 0 atom stereocenters. The molecule has 3 aromatic rings. The molecule has 30 heavy (non-hydrogen) atoms. The SMILES string of the molecule is CCNC(=NCc1ccccc1Cn1cccn1)NCCN1CCc2sccc2C1. The van der Waals surface area contributed by atoms with Gasteiger partial charge in [-0.15, -0.1) is 11.3 Å². The van der Waals surface area contributed by atoms with Gasteiger partial charge in [0, 0.05) is 50.0 Å². The molecule has 7 heteroatoms. The van der Waals surface area contributed by atoms with Crippen LogP contribution in [0.15, 0.2) is 59.2 Å². The molecule has 1 aliphatic rings. The molecule has 0 fully saturated rings. The van der Waals surface area contributed by atoms with Crippen LogP contribution in [0.25, 0.3) is 0 Å². The Bertz CT molecular complexity index is 946. The van der Waals surface area contributed by atoms with E-state index >= 15 is 0 Å². The molecule has 3 heterocycles. The Kier molecular flexibility index (Phi) is 7.16. The Labute approximate surface area is 182 Å². The maximum atomic E-state index is 4.83. The van der Waals surface area contributed by atoms with Crippen molar-refractivity contribution in [2.45, 2.75) is 33.0 Å². The van der Waals surface area contributed by atoms with Crippen LogP contribution in [0.4, 0.5) is 0 Å². The lowest BCUT2D eigenvalue weighted by molar-refractivity contribution is 0.260. The molecule has 2 N–H and O–H groups in total. The zero-order chi connectivity index (χ0) is 20.6. The highest BCUT2D eigenvalue weighted by Crippen LogP contribution is 2.23. The zero-order valence-corrected chi connectivity index (χ0v) is 18.4. The molecular weight excluding hydrogens is 392 g/mol. The summed E-state index contributed by atoms with van der Waals surface area (Å²) in [7, 11) is 0. The normalized spacial score (nSPS) is 14.5. The molecule has 2 aromatic heterocycles. The van der Waals surface area contributed by atoms with Gasteiger partial charge in [0.2, 0.25) is 0 Å². The average Bonchev–Trinajstić information content (AvgIpc) is 3.44. The quantitative estimate of drug-likeness (QED) is 0.433. The summed E-state index contributed by atoms with van der Waals surface area (Å²) in [5.41, 5.74) is 3.98. The van der Waals surface area contributed by atoms with Gasteiger partial charge in [0.25, 0.3) is 0 Å². The van der Waals surface area contributed by atoms with Gasteiger partial charge in [-0.3, -0.25) is 9.58 Å². The van der Waals surface area contributed by atoms with Gasteiger partial charge in [0.15, 0.2) is 5.96 Å². The minimum absolute atomic E-state index is 0.648. The average molecular weight is 423 g/mol. The Morgan fingerprint density at radius 1 is 1.17 bits per heavy atom. The van der Waals surface area contributed by atoms with E-state index in [1.807, 2.05) is 34.5 Å². The number of benzene rings is 1. The Balaban J connectivity index is 1.32. The zero-order valence-electron chi connectivity index (χ0n) is 17.6. The molecule has 1 aromatic carbocycles. The summed E-state index contributed by atoms with van der Waals surface area (Å²) in [5, 5.41) is 13.4. The van der Waals surface area contributed by atoms with Gasteiger partial charge >= 0.3 is 0 Å². The third-order valence-corrected chi connectivity index (χ3v) is 6.39. The van der Waals surface area contributed by atoms with E-state index in [2.05, 4.69) is 63.3 Å². The monoisotopic (exact) mass is 422 g/mol. The van der Waals surface area contributed by atoms with Gasteiger partial charge in [0.1, 0.15) is 0 Å². The number of guanidine groups is 1. The van der Waals surface area contributed by atoms with Crippen molar-refractivity contribution in [1.29, 1.82) is 0 Å². The van der Waals surface area contributed by atoms with E-state index in [1.54, 1.807) is 4.88 Å². The second-order valence-electron chi connectivity index (χ2n) is 7.49. The number of fused-ring (bicyclic) bond motifs is 1. The third kappa shape index (κ3) is 5.49. The summed E-state index contributed by atoms with van der Waals surface area (Å²) >= 11 is 1.89. The van der Waals surface area contributed by atoms with Crippen LogP contribution in [-0.4, -0.2) is 46.8 Å². The largest absolute Gasteiger partial charge is 0.357 e. The predicted octanol–water partition coefficient (Wildman–Crippen LogP) is 3.11. The van der Waals surface area contributed by atoms with Gasteiger partial charge in [-0.25, -0.2) is 4.99 Å². The van der Waals surface area contributed by atoms with Crippen molar-refractivity contribution >= 4 is 17.3 Å². The van der Waals surface area contributed by atoms with E-state index < -0.39 is 0 Å². The van der Waals surface area contributed by atoms with E-state index in [4.69, 9.17) is 4.99 Å². The van der Waals surface area contributed by atoms with Crippen molar-refractivity contribution in [3.8, 4) is 0 Å². The highest BCUT2D eigenvalue weighted by Gasteiger charge is 2.16. The molecule has 0 radical (unpaired) electrons. The first-order valence-electron chi connectivity index (χ1n) is 10.7. The lowest BCUT2D eigenvalue weighted by Gasteiger charge is -2.27. The molecule has 0 spiro atoms. The fourth-order valence-electron chi connectivity index (χ4n) is 3.77. The van der Waals surface area contributed by atoms with Crippen LogP contribution in [0.2, 0.25) is 0 Å². The molecule has 0 saturated carbocycles. The van der Waals surface area contributed by atoms with Crippen LogP contribution >= 0.6 is 11.3 Å². The summed E-state index contributed by atoms with van der Waals surface area (Å²) in [5.74, 6) is 0.875. The van der Waals surface area contributed by atoms with E-state index in [0.29, 0.717) is 6.54 Å². The molecule has 158 valence electrons. The highest BCUT2D eigenvalue weighted by molar-refractivity contribution is 7.10. The summed E-state index contributed by atoms with van der Waals surface area (Å²) in [4.78, 5) is 8.91. The first kappa shape index (κ1) is 20.6. The molecule has 0 saturated heterocycles. The van der Waals surface area contributed by atoms with Crippen LogP contribution < -0.4 is 10.6 Å². The van der Waals surface area contributed by atoms with Crippen molar-refractivity contribution in [1.82, 2.24) is 25.3 Å². The Morgan fingerprint density at radius 3 is 2.90 bits per heavy atom. The van der Waals surface area contributed by atoms with E-state index in [1.165, 1.54) is 23.1 Å². The third-order valence-electron chi connectivity index (χ3n) is 5.37. The van der Waals surface area contributed by atoms with Gasteiger partial charge in [-0.2, -0.15) is 5.10 Å². The topological polar surface area (TPSA) is 57.5 Å². The van der Waals surface area contributed by atoms with Crippen LogP contribution in [0.3, 0.4) is 0 Å². The van der Waals surface area contributed by atoms with Crippen molar-refractivity contribution in [2.24, 2.45) is 4.99 Å². The second kappa shape index (κ2) is 10.4. The molecule has 4 rings (SSSR count). The number of aliphatic imine (C=N–C) groups is 1. The van der Waals surface area contributed by atoms with Crippen LogP contribution in [0.5, 0.6) is 0 Å². The molecule has 0 unspecified atom stereocenters. The number of rotatable bonds is 8. The van der Waals surface area contributed by atoms with Crippen molar-refractivity contribution in [3.63, 3.8) is 0 Å². The number of hydrogen-bond donors (Lipinski definition) is 2. The lowest BCUT2D eigenvalue weighted by atomic mass is 10.1. The first-order chi connectivity index (χ1) is 14.8. The van der Waals surface area contributed by atoms with Crippen molar-refractivity contribution < 1.29 is 0 Å². The summed E-state index contributed by atoms with van der Waals surface area (Å²) in [6.45, 7) is 8.49. The molecule has 0 bridgehead atoms. The minimum atomic E-state index is 0.648. The number of nitrogens with one attached hydrogen (secondary N) is 2. The second-order valence-corrected chi connectivity index (χ2v) is 8.49. The van der Waals surface area contributed by atoms with Crippen LogP contribution in [0, 0.1) is 0 Å². The van der Waals surface area contributed by atoms with Crippen molar-refractivity contribution in [3.05, 3.63) is 75.7 Å². The molecular formula is C23H30N6S. The fraction of sp³-hybridized carbons (Fsp3) is 0.391. The lowest BCUT2D eigenvalue weighted by Crippen LogP contribution is -2.42. The minimum Gasteiger partial charge on any atom is -0.357 e. The smallest absolute Gasteiger partial charge is 0.191 e. The van der Waals surface area contributed by atoms with Gasteiger partial charge in [-0.1, -0.05) is 24.3 Å². The summed E-state index contributed by atoms with van der Waals surface area (Å²) in [6.07, 6.45) is 4.98. The fourth-order valence-corrected chi connectivity index (χ4v) is 4.66. The number of hydrogen-bond acceptors (Lipinski definition) is 4. The van der Waals surface area contributed by atoms with Crippen LogP contribution in [-0.2, 0) is 26.1 Å². The molecule has 1 aliphatic heterocycles. The van der Waals surface area contributed by atoms with Crippen LogP contribution in [0.1, 0.15) is 28.5 Å². The summed E-state index contributed by atoms with van der Waals surface area (Å²) in [6, 6.07) is 12.7. The maximum Gasteiger partial charge on any atom is 0.191 e. The number of thiophene rings is 1. The Hall–Kier alpha value is -2.64. The van der Waals surface area contributed by atoms with Gasteiger partial charge in [-0.05, 0) is 47.5 Å². The maximum absolute atomic E-state index is 4.83. The van der Waals surface area contributed by atoms with Gasteiger partial charge in [0.05, 0.1) is 13.1 Å². The van der Waals surface area contributed by atoms with E-state index in [0.717, 1.165) is 45.2 Å². The van der Waals surface area contributed by atoms with Gasteiger partial charge < -0.3 is 10.6 Å². The van der Waals surface area contributed by atoms with E-state index in [-0.39, 0.29) is 0 Å². The molecule has 6 nitrogen and oxygen atoms in total. The van der Waals surface area contributed by atoms with Crippen molar-refractivity contribution in [2.75, 3.05) is 26.2 Å². The first-order valence-corrected chi connectivity index (χ1v) is 11.5.